The molecule has 0 aromatic heterocycles. The van der Waals surface area contributed by atoms with Gasteiger partial charge >= 0.3 is 6.09 Å². The largest absolute Gasteiger partial charge is 0.508 e. The molecule has 234 valence electrons. The first kappa shape index (κ1) is 33.9. The Morgan fingerprint density at radius 2 is 1.70 bits per heavy atom. The molecule has 3 amide bonds. The summed E-state index contributed by atoms with van der Waals surface area (Å²) in [6.45, 7) is 13.4. The second-order valence-electron chi connectivity index (χ2n) is 11.9. The zero-order chi connectivity index (χ0) is 32.3. The minimum absolute atomic E-state index is 0.0907. The van der Waals surface area contributed by atoms with Crippen molar-refractivity contribution in [3.8, 4) is 5.75 Å². The van der Waals surface area contributed by atoms with Gasteiger partial charge in [-0.3, -0.25) is 9.59 Å². The summed E-state index contributed by atoms with van der Waals surface area (Å²) in [6.07, 6.45) is 3.52. The predicted molar refractivity (Wildman–Crippen MR) is 175 cm³/mol. The monoisotopic (exact) mass is 599 g/mol. The molecule has 3 aromatic carbocycles. The standard InChI is InChI=1S/C36H45N3O5/c1-7-9-12-22-39(34(42)31(38-35(43)44-36(4,5)6)24-27-18-20-29(40)21-19-27)32(28-16-13-15-26(8-2)23-28)33(41)37-30-17-11-10-14-25(30)3/h8,10-11,13-21,23,31-32,40H,2,7,9,12,22,24H2,1,3-6H3,(H,37,41)(H,38,43). The topological polar surface area (TPSA) is 108 Å². The van der Waals surface area contributed by atoms with Gasteiger partial charge in [0, 0.05) is 18.7 Å². The van der Waals surface area contributed by atoms with Crippen molar-refractivity contribution < 1.29 is 24.2 Å². The van der Waals surface area contributed by atoms with E-state index in [1.165, 1.54) is 12.1 Å². The average molecular weight is 600 g/mol. The minimum Gasteiger partial charge on any atom is -0.508 e. The van der Waals surface area contributed by atoms with Crippen LogP contribution in [0.25, 0.3) is 6.08 Å². The number of carbonyl (C=O) groups is 3. The van der Waals surface area contributed by atoms with Crippen LogP contribution < -0.4 is 10.6 Å². The Labute approximate surface area is 261 Å². The van der Waals surface area contributed by atoms with E-state index in [4.69, 9.17) is 4.74 Å². The summed E-state index contributed by atoms with van der Waals surface area (Å²) in [5.41, 5.74) is 2.91. The number of unbranched alkanes of at least 4 members (excludes halogenated alkanes) is 2. The van der Waals surface area contributed by atoms with E-state index in [9.17, 15) is 19.5 Å². The molecule has 3 N–H and O–H groups in total. The Morgan fingerprint density at radius 3 is 2.34 bits per heavy atom. The van der Waals surface area contributed by atoms with Crippen molar-refractivity contribution in [3.05, 3.63) is 102 Å². The van der Waals surface area contributed by atoms with E-state index in [0.29, 0.717) is 24.2 Å². The van der Waals surface area contributed by atoms with Crippen molar-refractivity contribution in [2.75, 3.05) is 11.9 Å². The van der Waals surface area contributed by atoms with E-state index in [1.54, 1.807) is 43.9 Å². The van der Waals surface area contributed by atoms with Gasteiger partial charge in [0.1, 0.15) is 23.4 Å². The maximum Gasteiger partial charge on any atom is 0.408 e. The number of anilines is 1. The van der Waals surface area contributed by atoms with Crippen LogP contribution in [0.15, 0.2) is 79.4 Å². The number of nitrogens with zero attached hydrogens (tertiary/aromatic N) is 1. The summed E-state index contributed by atoms with van der Waals surface area (Å²) in [4.78, 5) is 43.4. The molecule has 0 saturated heterocycles. The van der Waals surface area contributed by atoms with E-state index >= 15 is 0 Å². The van der Waals surface area contributed by atoms with Crippen molar-refractivity contribution in [3.63, 3.8) is 0 Å². The molecule has 2 atom stereocenters. The first-order chi connectivity index (χ1) is 20.9. The van der Waals surface area contributed by atoms with Crippen LogP contribution in [0, 0.1) is 6.92 Å². The number of rotatable bonds is 13. The fraction of sp³-hybridized carbons (Fsp3) is 0.361. The van der Waals surface area contributed by atoms with Crippen LogP contribution in [0.5, 0.6) is 5.75 Å². The smallest absolute Gasteiger partial charge is 0.408 e. The highest BCUT2D eigenvalue weighted by molar-refractivity contribution is 5.99. The van der Waals surface area contributed by atoms with Gasteiger partial charge in [0.2, 0.25) is 5.91 Å². The number of hydrogen-bond donors (Lipinski definition) is 3. The van der Waals surface area contributed by atoms with Gasteiger partial charge in [0.15, 0.2) is 0 Å². The van der Waals surface area contributed by atoms with Crippen molar-refractivity contribution in [2.45, 2.75) is 78.0 Å². The maximum absolute atomic E-state index is 14.6. The Bertz CT molecular complexity index is 1430. The molecule has 8 nitrogen and oxygen atoms in total. The number of hydrogen-bond acceptors (Lipinski definition) is 5. The minimum atomic E-state index is -1.05. The highest BCUT2D eigenvalue weighted by atomic mass is 16.6. The lowest BCUT2D eigenvalue weighted by Crippen LogP contribution is -2.53. The zero-order valence-electron chi connectivity index (χ0n) is 26.4. The van der Waals surface area contributed by atoms with Gasteiger partial charge in [0.05, 0.1) is 0 Å². The molecule has 0 spiro atoms. The normalized spacial score (nSPS) is 12.5. The number of ether oxygens (including phenoxy) is 1. The number of phenolic OH excluding ortho intramolecular Hbond substituents is 1. The molecule has 44 heavy (non-hydrogen) atoms. The molecule has 8 heteroatoms. The third kappa shape index (κ3) is 10.0. The average Bonchev–Trinajstić information content (AvgIpc) is 2.97. The molecule has 0 saturated carbocycles. The fourth-order valence-electron chi connectivity index (χ4n) is 4.86. The molecule has 2 unspecified atom stereocenters. The quantitative estimate of drug-likeness (QED) is 0.180. The van der Waals surface area contributed by atoms with Gasteiger partial charge in [-0.05, 0) is 80.6 Å². The van der Waals surface area contributed by atoms with Crippen LogP contribution >= 0.6 is 0 Å². The molecule has 0 heterocycles. The van der Waals surface area contributed by atoms with Crippen LogP contribution in [0.4, 0.5) is 10.5 Å². The highest BCUT2D eigenvalue weighted by Crippen LogP contribution is 2.28. The van der Waals surface area contributed by atoms with Crippen LogP contribution in [0.3, 0.4) is 0 Å². The maximum atomic E-state index is 14.6. The number of nitrogens with one attached hydrogen (secondary N) is 2. The van der Waals surface area contributed by atoms with E-state index in [0.717, 1.165) is 29.5 Å². The van der Waals surface area contributed by atoms with Gasteiger partial charge < -0.3 is 25.4 Å². The fourth-order valence-corrected chi connectivity index (χ4v) is 4.86. The molecule has 0 radical (unpaired) electrons. The molecule has 3 aromatic rings. The summed E-state index contributed by atoms with van der Waals surface area (Å²) in [6, 6.07) is 19.3. The van der Waals surface area contributed by atoms with E-state index in [-0.39, 0.29) is 18.1 Å². The Balaban J connectivity index is 2.10. The second kappa shape index (κ2) is 15.8. The van der Waals surface area contributed by atoms with Crippen LogP contribution in [-0.4, -0.2) is 46.1 Å². The molecule has 0 fully saturated rings. The van der Waals surface area contributed by atoms with E-state index < -0.39 is 29.7 Å². The Hall–Kier alpha value is -4.59. The van der Waals surface area contributed by atoms with Gasteiger partial charge in [-0.1, -0.05) is 81.0 Å². The lowest BCUT2D eigenvalue weighted by molar-refractivity contribution is -0.140. The number of alkyl carbamates (subject to hydrolysis) is 1. The first-order valence-electron chi connectivity index (χ1n) is 15.1. The Morgan fingerprint density at radius 1 is 1.00 bits per heavy atom. The van der Waals surface area contributed by atoms with Crippen molar-refractivity contribution in [1.29, 1.82) is 0 Å². The molecule has 0 aliphatic carbocycles. The third-order valence-corrected chi connectivity index (χ3v) is 7.08. The molecule has 0 aliphatic rings. The molecule has 3 rings (SSSR count). The van der Waals surface area contributed by atoms with Crippen molar-refractivity contribution in [1.82, 2.24) is 10.2 Å². The highest BCUT2D eigenvalue weighted by Gasteiger charge is 2.36. The van der Waals surface area contributed by atoms with Gasteiger partial charge in [0.25, 0.3) is 5.91 Å². The summed E-state index contributed by atoms with van der Waals surface area (Å²) < 4.78 is 5.52. The number of benzene rings is 3. The number of carbonyl (C=O) groups excluding carboxylic acids is 3. The van der Waals surface area contributed by atoms with Crippen LogP contribution in [0.2, 0.25) is 0 Å². The molecule has 0 bridgehead atoms. The number of aryl methyl sites for hydroxylation is 1. The first-order valence-corrected chi connectivity index (χ1v) is 15.1. The predicted octanol–water partition coefficient (Wildman–Crippen LogP) is 7.18. The van der Waals surface area contributed by atoms with E-state index in [2.05, 4.69) is 24.1 Å². The number of phenols is 1. The van der Waals surface area contributed by atoms with Gasteiger partial charge in [-0.25, -0.2) is 4.79 Å². The van der Waals surface area contributed by atoms with Gasteiger partial charge in [-0.2, -0.15) is 0 Å². The number of amides is 3. The van der Waals surface area contributed by atoms with Crippen molar-refractivity contribution in [2.24, 2.45) is 0 Å². The van der Waals surface area contributed by atoms with Gasteiger partial charge in [-0.15, -0.1) is 0 Å². The summed E-state index contributed by atoms with van der Waals surface area (Å²) in [7, 11) is 0. The third-order valence-electron chi connectivity index (χ3n) is 7.08. The number of para-hydroxylation sites is 1. The van der Waals surface area contributed by atoms with Crippen LogP contribution in [-0.2, 0) is 20.7 Å². The van der Waals surface area contributed by atoms with E-state index in [1.807, 2.05) is 55.5 Å². The lowest BCUT2D eigenvalue weighted by atomic mass is 9.98. The lowest BCUT2D eigenvalue weighted by Gasteiger charge is -2.35. The SMILES string of the molecule is C=Cc1cccc(C(C(=O)Nc2ccccc2C)N(CCCCC)C(=O)C(Cc2ccc(O)cc2)NC(=O)OC(C)(C)C)c1. The number of aromatic hydroxyl groups is 1. The zero-order valence-corrected chi connectivity index (χ0v) is 26.4. The van der Waals surface area contributed by atoms with Crippen LogP contribution in [0.1, 0.15) is 75.3 Å². The summed E-state index contributed by atoms with van der Waals surface area (Å²) in [5.74, 6) is -0.701. The Kier molecular flexibility index (Phi) is 12.1. The summed E-state index contributed by atoms with van der Waals surface area (Å²) in [5, 5.41) is 15.6. The molecular weight excluding hydrogens is 554 g/mol. The second-order valence-corrected chi connectivity index (χ2v) is 11.9. The molecule has 0 aliphatic heterocycles. The molecular formula is C36H45N3O5. The summed E-state index contributed by atoms with van der Waals surface area (Å²) >= 11 is 0. The van der Waals surface area contributed by atoms with Crippen molar-refractivity contribution >= 4 is 29.7 Å².